The minimum atomic E-state index is -0.501. The molecule has 0 radical (unpaired) electrons. The molecule has 1 saturated heterocycles. The maximum absolute atomic E-state index is 12.5. The van der Waals surface area contributed by atoms with Crippen LogP contribution >= 0.6 is 0 Å². The molecule has 3 atom stereocenters. The van der Waals surface area contributed by atoms with E-state index in [1.807, 2.05) is 45.9 Å². The van der Waals surface area contributed by atoms with E-state index in [0.717, 1.165) is 37.8 Å². The van der Waals surface area contributed by atoms with Gasteiger partial charge in [-0.15, -0.1) is 6.58 Å². The molecule has 0 aliphatic carbocycles. The number of allylic oxidation sites excluding steroid dienone is 1. The number of anilines is 1. The average Bonchev–Trinajstić information content (AvgIpc) is 2.81. The van der Waals surface area contributed by atoms with Crippen LogP contribution in [0.4, 0.5) is 10.5 Å². The quantitative estimate of drug-likeness (QED) is 0.355. The number of piperidine rings is 1. The molecule has 0 aromatic heterocycles. The Balaban J connectivity index is 0. The highest BCUT2D eigenvalue weighted by molar-refractivity contribution is 5.85. The smallest absolute Gasteiger partial charge is 0.412 e. The van der Waals surface area contributed by atoms with E-state index >= 15 is 0 Å². The topological polar surface area (TPSA) is 79.5 Å². The standard InChI is InChI=1S/C27H37N3O3.3H2/c1-6-23(30-25(31)24-14-10-11-19-28-24)20(3)12-8-9-13-21-15-17-22(18-16-21)29-26(32)33-27(4,5)7-2;;;/h6,8,12,15-18,20,23-24,28H,1,7,10-11,14,19H2,2-5H3,(H,29,32)(H,30,31);3*1H/b12-8+;;;/t20?,23?,24-;;;/m0.../s1. The van der Waals surface area contributed by atoms with Gasteiger partial charge in [-0.05, 0) is 75.9 Å². The van der Waals surface area contributed by atoms with Gasteiger partial charge in [0.05, 0.1) is 12.1 Å². The van der Waals surface area contributed by atoms with Gasteiger partial charge in [0.15, 0.2) is 0 Å². The molecule has 0 saturated carbocycles. The van der Waals surface area contributed by atoms with Crippen LogP contribution in [0, 0.1) is 17.8 Å². The van der Waals surface area contributed by atoms with Gasteiger partial charge in [0, 0.05) is 15.5 Å². The maximum Gasteiger partial charge on any atom is 0.412 e. The summed E-state index contributed by atoms with van der Waals surface area (Å²) >= 11 is 0. The molecule has 1 aliphatic heterocycles. The minimum Gasteiger partial charge on any atom is -0.443 e. The van der Waals surface area contributed by atoms with Gasteiger partial charge in [-0.3, -0.25) is 10.1 Å². The number of hydrogen-bond acceptors (Lipinski definition) is 4. The minimum absolute atomic E-state index is 0. The molecule has 1 aromatic carbocycles. The van der Waals surface area contributed by atoms with Crippen molar-refractivity contribution in [2.24, 2.45) is 5.92 Å². The first-order valence-electron chi connectivity index (χ1n) is 11.7. The fourth-order valence-electron chi connectivity index (χ4n) is 3.29. The lowest BCUT2D eigenvalue weighted by molar-refractivity contribution is -0.124. The molecule has 2 amide bonds. The van der Waals surface area contributed by atoms with E-state index in [-0.39, 0.29) is 28.2 Å². The Kier molecular flexibility index (Phi) is 10.2. The normalized spacial score (nSPS) is 17.9. The van der Waals surface area contributed by atoms with Crippen molar-refractivity contribution in [1.29, 1.82) is 0 Å². The molecule has 3 N–H and O–H groups in total. The maximum atomic E-state index is 12.5. The summed E-state index contributed by atoms with van der Waals surface area (Å²) in [6.45, 7) is 12.5. The van der Waals surface area contributed by atoms with E-state index in [9.17, 15) is 9.59 Å². The number of rotatable bonds is 8. The van der Waals surface area contributed by atoms with Crippen LogP contribution in [0.15, 0.2) is 49.1 Å². The zero-order valence-electron chi connectivity index (χ0n) is 20.2. The molecular weight excluding hydrogens is 414 g/mol. The Morgan fingerprint density at radius 3 is 2.67 bits per heavy atom. The summed E-state index contributed by atoms with van der Waals surface area (Å²) < 4.78 is 5.39. The summed E-state index contributed by atoms with van der Waals surface area (Å²) in [5.41, 5.74) is 0.981. The third-order valence-corrected chi connectivity index (χ3v) is 5.81. The number of amides is 2. The Morgan fingerprint density at radius 2 is 2.06 bits per heavy atom. The molecule has 6 nitrogen and oxygen atoms in total. The van der Waals surface area contributed by atoms with Crippen LogP contribution in [-0.2, 0) is 9.53 Å². The molecule has 1 aromatic rings. The lowest BCUT2D eigenvalue weighted by Gasteiger charge is -2.26. The van der Waals surface area contributed by atoms with E-state index in [1.54, 1.807) is 24.3 Å². The van der Waals surface area contributed by atoms with Gasteiger partial charge in [0.1, 0.15) is 5.60 Å². The van der Waals surface area contributed by atoms with Crippen LogP contribution in [0.1, 0.15) is 63.2 Å². The lowest BCUT2D eigenvalue weighted by Crippen LogP contribution is -2.50. The van der Waals surface area contributed by atoms with Crippen molar-refractivity contribution in [3.05, 3.63) is 54.6 Å². The van der Waals surface area contributed by atoms with Gasteiger partial charge < -0.3 is 15.4 Å². The van der Waals surface area contributed by atoms with E-state index < -0.39 is 11.7 Å². The highest BCUT2D eigenvalue weighted by Gasteiger charge is 2.23. The highest BCUT2D eigenvalue weighted by Crippen LogP contribution is 2.16. The highest BCUT2D eigenvalue weighted by atomic mass is 16.6. The molecule has 6 heteroatoms. The average molecular weight is 458 g/mol. The van der Waals surface area contributed by atoms with Crippen molar-refractivity contribution in [3.8, 4) is 11.8 Å². The first-order valence-corrected chi connectivity index (χ1v) is 11.7. The van der Waals surface area contributed by atoms with Crippen LogP contribution in [-0.4, -0.2) is 36.2 Å². The SMILES string of the molecule is C=CC(NC(=O)[C@@H]1CCCCN1)C(C)/C=C/C#Cc1ccc(NC(=O)OC(C)(C)CC)cc1.[HH].[HH].[HH]. The van der Waals surface area contributed by atoms with Crippen LogP contribution in [0.3, 0.4) is 0 Å². The Hall–Kier alpha value is -3.04. The van der Waals surface area contributed by atoms with Crippen LogP contribution < -0.4 is 16.0 Å². The summed E-state index contributed by atoms with van der Waals surface area (Å²) in [5.74, 6) is 6.19. The zero-order valence-corrected chi connectivity index (χ0v) is 20.2. The molecule has 0 spiro atoms. The molecule has 184 valence electrons. The van der Waals surface area contributed by atoms with Gasteiger partial charge in [0.25, 0.3) is 0 Å². The molecule has 33 heavy (non-hydrogen) atoms. The van der Waals surface area contributed by atoms with Crippen molar-refractivity contribution < 1.29 is 18.6 Å². The van der Waals surface area contributed by atoms with Crippen molar-refractivity contribution >= 4 is 17.7 Å². The number of nitrogens with one attached hydrogen (secondary N) is 3. The van der Waals surface area contributed by atoms with Gasteiger partial charge in [-0.2, -0.15) is 0 Å². The summed E-state index contributed by atoms with van der Waals surface area (Å²) in [6.07, 6.45) is 8.86. The lowest BCUT2D eigenvalue weighted by atomic mass is 9.99. The predicted octanol–water partition coefficient (Wildman–Crippen LogP) is 5.52. The Bertz CT molecular complexity index is 902. The Labute approximate surface area is 202 Å². The second kappa shape index (κ2) is 12.9. The van der Waals surface area contributed by atoms with E-state index in [1.165, 1.54) is 0 Å². The fraction of sp³-hybridized carbons (Fsp3) is 0.481. The summed E-state index contributed by atoms with van der Waals surface area (Å²) in [4.78, 5) is 24.4. The predicted molar refractivity (Wildman–Crippen MR) is 140 cm³/mol. The van der Waals surface area contributed by atoms with E-state index in [2.05, 4.69) is 34.4 Å². The molecule has 0 bridgehead atoms. The van der Waals surface area contributed by atoms with Gasteiger partial charge in [-0.25, -0.2) is 4.79 Å². The number of benzene rings is 1. The first-order chi connectivity index (χ1) is 15.7. The molecule has 2 rings (SSSR count). The summed E-state index contributed by atoms with van der Waals surface area (Å²) in [6, 6.07) is 7.00. The zero-order chi connectivity index (χ0) is 24.3. The number of carbonyl (C=O) groups is 2. The Morgan fingerprint density at radius 1 is 1.33 bits per heavy atom. The second-order valence-electron chi connectivity index (χ2n) is 8.97. The van der Waals surface area contributed by atoms with Gasteiger partial charge >= 0.3 is 6.09 Å². The molecule has 1 aliphatic rings. The van der Waals surface area contributed by atoms with Crippen molar-refractivity contribution in [2.75, 3.05) is 11.9 Å². The number of carbonyl (C=O) groups excluding carboxylic acids is 2. The monoisotopic (exact) mass is 457 g/mol. The molecule has 2 unspecified atom stereocenters. The van der Waals surface area contributed by atoms with E-state index in [0.29, 0.717) is 5.69 Å². The van der Waals surface area contributed by atoms with E-state index in [4.69, 9.17) is 4.74 Å². The third kappa shape index (κ3) is 9.15. The van der Waals surface area contributed by atoms with Crippen LogP contribution in [0.5, 0.6) is 0 Å². The largest absolute Gasteiger partial charge is 0.443 e. The van der Waals surface area contributed by atoms with Crippen LogP contribution in [0.25, 0.3) is 0 Å². The first kappa shape index (κ1) is 26.2. The fourth-order valence-corrected chi connectivity index (χ4v) is 3.29. The second-order valence-corrected chi connectivity index (χ2v) is 8.97. The summed E-state index contributed by atoms with van der Waals surface area (Å²) in [5, 5.41) is 9.07. The van der Waals surface area contributed by atoms with Crippen molar-refractivity contribution in [2.45, 2.75) is 71.1 Å². The number of hydrogen-bond donors (Lipinski definition) is 3. The van der Waals surface area contributed by atoms with Gasteiger partial charge in [0.2, 0.25) is 5.91 Å². The number of ether oxygens (including phenoxy) is 1. The molecular formula is C27H43N3O3. The van der Waals surface area contributed by atoms with Crippen molar-refractivity contribution in [1.82, 2.24) is 10.6 Å². The van der Waals surface area contributed by atoms with Crippen LogP contribution in [0.2, 0.25) is 0 Å². The summed E-state index contributed by atoms with van der Waals surface area (Å²) in [7, 11) is 0. The molecule has 1 fully saturated rings. The van der Waals surface area contributed by atoms with Gasteiger partial charge in [-0.1, -0.05) is 44.3 Å². The van der Waals surface area contributed by atoms with Crippen molar-refractivity contribution in [3.63, 3.8) is 0 Å². The third-order valence-electron chi connectivity index (χ3n) is 5.81. The molecule has 1 heterocycles.